The quantitative estimate of drug-likeness (QED) is 0.673. The molecular formula is C9H15ClF3N. The first kappa shape index (κ1) is 12.1. The van der Waals surface area contributed by atoms with E-state index in [0.717, 1.165) is 25.9 Å². The van der Waals surface area contributed by atoms with Crippen molar-refractivity contribution in [3.05, 3.63) is 0 Å². The summed E-state index contributed by atoms with van der Waals surface area (Å²) in [6.45, 7) is 2.22. The van der Waals surface area contributed by atoms with Crippen molar-refractivity contribution in [2.45, 2.75) is 37.2 Å². The van der Waals surface area contributed by atoms with Crippen LogP contribution in [0.15, 0.2) is 0 Å². The van der Waals surface area contributed by atoms with Gasteiger partial charge in [-0.2, -0.15) is 13.2 Å². The van der Waals surface area contributed by atoms with E-state index in [2.05, 4.69) is 4.90 Å². The number of halogens is 4. The molecule has 84 valence electrons. The van der Waals surface area contributed by atoms with E-state index in [-0.39, 0.29) is 11.8 Å². The van der Waals surface area contributed by atoms with Crippen LogP contribution in [0.3, 0.4) is 0 Å². The molecule has 0 aromatic carbocycles. The van der Waals surface area contributed by atoms with Crippen molar-refractivity contribution in [2.75, 3.05) is 19.6 Å². The Morgan fingerprint density at radius 3 is 2.29 bits per heavy atom. The zero-order chi connectivity index (χ0) is 10.6. The molecule has 0 amide bonds. The molecule has 0 unspecified atom stereocenters. The Bertz CT molecular complexity index is 164. The van der Waals surface area contributed by atoms with Gasteiger partial charge in [0.1, 0.15) is 0 Å². The van der Waals surface area contributed by atoms with E-state index >= 15 is 0 Å². The summed E-state index contributed by atoms with van der Waals surface area (Å²) >= 11 is 5.88. The Kier molecular flexibility index (Phi) is 4.51. The lowest BCUT2D eigenvalue weighted by Crippen LogP contribution is -2.35. The van der Waals surface area contributed by atoms with Crippen molar-refractivity contribution in [1.82, 2.24) is 4.90 Å². The predicted octanol–water partition coefficient (Wildman–Crippen LogP) is 3.03. The van der Waals surface area contributed by atoms with Crippen LogP contribution in [0.2, 0.25) is 0 Å². The van der Waals surface area contributed by atoms with Crippen molar-refractivity contribution >= 4 is 11.6 Å². The first-order valence-electron chi connectivity index (χ1n) is 4.90. The molecular weight excluding hydrogens is 215 g/mol. The molecule has 1 rings (SSSR count). The maximum absolute atomic E-state index is 11.8. The third kappa shape index (κ3) is 5.05. The van der Waals surface area contributed by atoms with Crippen molar-refractivity contribution in [1.29, 1.82) is 0 Å². The van der Waals surface area contributed by atoms with Crippen LogP contribution < -0.4 is 0 Å². The number of alkyl halides is 4. The smallest absolute Gasteiger partial charge is 0.303 e. The first-order chi connectivity index (χ1) is 6.47. The number of hydrogen-bond donors (Lipinski definition) is 0. The van der Waals surface area contributed by atoms with Crippen LogP contribution >= 0.6 is 11.6 Å². The lowest BCUT2D eigenvalue weighted by atomic mass is 10.1. The highest BCUT2D eigenvalue weighted by molar-refractivity contribution is 6.20. The van der Waals surface area contributed by atoms with Gasteiger partial charge in [0.05, 0.1) is 0 Å². The van der Waals surface area contributed by atoms with E-state index in [9.17, 15) is 13.2 Å². The molecule has 5 heteroatoms. The molecule has 0 aromatic rings. The molecule has 1 heterocycles. The minimum absolute atomic E-state index is 0.205. The molecule has 0 atom stereocenters. The molecule has 1 aliphatic rings. The van der Waals surface area contributed by atoms with E-state index < -0.39 is 12.6 Å². The number of likely N-dealkylation sites (tertiary alicyclic amines) is 1. The molecule has 0 aromatic heterocycles. The van der Waals surface area contributed by atoms with Crippen LogP contribution in [-0.4, -0.2) is 36.1 Å². The monoisotopic (exact) mass is 229 g/mol. The highest BCUT2D eigenvalue weighted by Gasteiger charge is 2.26. The fraction of sp³-hybridized carbons (Fsp3) is 1.00. The lowest BCUT2D eigenvalue weighted by Gasteiger charge is -2.29. The Labute approximate surface area is 87.2 Å². The van der Waals surface area contributed by atoms with Gasteiger partial charge in [-0.3, -0.25) is 0 Å². The van der Waals surface area contributed by atoms with E-state index in [1.54, 1.807) is 0 Å². The minimum atomic E-state index is -4.01. The largest absolute Gasteiger partial charge is 0.389 e. The second-order valence-corrected chi connectivity index (χ2v) is 4.35. The second-order valence-electron chi connectivity index (χ2n) is 3.74. The molecule has 14 heavy (non-hydrogen) atoms. The summed E-state index contributed by atoms with van der Waals surface area (Å²) in [6.07, 6.45) is -2.68. The summed E-state index contributed by atoms with van der Waals surface area (Å²) in [7, 11) is 0. The third-order valence-corrected chi connectivity index (χ3v) is 2.89. The van der Waals surface area contributed by atoms with Crippen LogP contribution in [0.25, 0.3) is 0 Å². The minimum Gasteiger partial charge on any atom is -0.303 e. The molecule has 1 fully saturated rings. The predicted molar refractivity (Wildman–Crippen MR) is 50.6 cm³/mol. The zero-order valence-electron chi connectivity index (χ0n) is 7.99. The summed E-state index contributed by atoms with van der Waals surface area (Å²) in [5, 5.41) is 0.217. The molecule has 0 N–H and O–H groups in total. The summed E-state index contributed by atoms with van der Waals surface area (Å²) < 4.78 is 35.5. The van der Waals surface area contributed by atoms with Gasteiger partial charge < -0.3 is 4.90 Å². The van der Waals surface area contributed by atoms with Gasteiger partial charge in [0, 0.05) is 11.8 Å². The van der Waals surface area contributed by atoms with Gasteiger partial charge in [-0.05, 0) is 38.9 Å². The maximum atomic E-state index is 11.8. The van der Waals surface area contributed by atoms with Gasteiger partial charge in [-0.25, -0.2) is 0 Å². The third-order valence-electron chi connectivity index (χ3n) is 2.45. The SMILES string of the molecule is FC(F)(F)CCCN1CCC(Cl)CC1. The van der Waals surface area contributed by atoms with Gasteiger partial charge in [-0.1, -0.05) is 0 Å². The number of rotatable bonds is 3. The molecule has 1 nitrogen and oxygen atoms in total. The number of piperidine rings is 1. The van der Waals surface area contributed by atoms with Crippen LogP contribution in [0.4, 0.5) is 13.2 Å². The van der Waals surface area contributed by atoms with Gasteiger partial charge in [0.2, 0.25) is 0 Å². The Balaban J connectivity index is 2.08. The molecule has 1 aliphatic heterocycles. The Morgan fingerprint density at radius 2 is 1.79 bits per heavy atom. The molecule has 1 saturated heterocycles. The molecule has 0 bridgehead atoms. The fourth-order valence-electron chi connectivity index (χ4n) is 1.63. The zero-order valence-corrected chi connectivity index (χ0v) is 8.74. The molecule has 0 spiro atoms. The van der Waals surface area contributed by atoms with Crippen molar-refractivity contribution in [3.8, 4) is 0 Å². The van der Waals surface area contributed by atoms with E-state index in [4.69, 9.17) is 11.6 Å². The standard InChI is InChI=1S/C9H15ClF3N/c10-8-2-6-14(7-3-8)5-1-4-9(11,12)13/h8H,1-7H2. The lowest BCUT2D eigenvalue weighted by molar-refractivity contribution is -0.136. The van der Waals surface area contributed by atoms with Crippen molar-refractivity contribution in [2.24, 2.45) is 0 Å². The Morgan fingerprint density at radius 1 is 1.21 bits per heavy atom. The van der Waals surface area contributed by atoms with Crippen LogP contribution in [-0.2, 0) is 0 Å². The highest BCUT2D eigenvalue weighted by Crippen LogP contribution is 2.22. The Hall–Kier alpha value is 0.0400. The van der Waals surface area contributed by atoms with E-state index in [0.29, 0.717) is 6.54 Å². The van der Waals surface area contributed by atoms with Crippen LogP contribution in [0, 0.1) is 0 Å². The average Bonchev–Trinajstić information content (AvgIpc) is 2.06. The first-order valence-corrected chi connectivity index (χ1v) is 5.34. The summed E-state index contributed by atoms with van der Waals surface area (Å²) in [5.74, 6) is 0. The average molecular weight is 230 g/mol. The summed E-state index contributed by atoms with van der Waals surface area (Å²) in [5.41, 5.74) is 0. The fourth-order valence-corrected chi connectivity index (χ4v) is 1.82. The van der Waals surface area contributed by atoms with E-state index in [1.165, 1.54) is 0 Å². The number of hydrogen-bond acceptors (Lipinski definition) is 1. The van der Waals surface area contributed by atoms with Gasteiger partial charge >= 0.3 is 6.18 Å². The van der Waals surface area contributed by atoms with Gasteiger partial charge in [0.25, 0.3) is 0 Å². The van der Waals surface area contributed by atoms with Gasteiger partial charge in [-0.15, -0.1) is 11.6 Å². The topological polar surface area (TPSA) is 3.24 Å². The van der Waals surface area contributed by atoms with Crippen LogP contribution in [0.5, 0.6) is 0 Å². The number of nitrogens with zero attached hydrogens (tertiary/aromatic N) is 1. The molecule has 0 saturated carbocycles. The van der Waals surface area contributed by atoms with Gasteiger partial charge in [0.15, 0.2) is 0 Å². The van der Waals surface area contributed by atoms with E-state index in [1.807, 2.05) is 0 Å². The van der Waals surface area contributed by atoms with Crippen molar-refractivity contribution < 1.29 is 13.2 Å². The van der Waals surface area contributed by atoms with Crippen LogP contribution in [0.1, 0.15) is 25.7 Å². The molecule has 0 aliphatic carbocycles. The van der Waals surface area contributed by atoms with Crippen molar-refractivity contribution in [3.63, 3.8) is 0 Å². The molecule has 0 radical (unpaired) electrons. The summed E-state index contributed by atoms with van der Waals surface area (Å²) in [6, 6.07) is 0. The highest BCUT2D eigenvalue weighted by atomic mass is 35.5. The second kappa shape index (κ2) is 5.21. The normalized spacial score (nSPS) is 21.4. The maximum Gasteiger partial charge on any atom is 0.389 e. The summed E-state index contributed by atoms with van der Waals surface area (Å²) in [4.78, 5) is 2.06.